The Labute approximate surface area is 102 Å². The maximum Gasteiger partial charge on any atom is 0.354 e. The number of aromatic nitrogens is 4. The van der Waals surface area contributed by atoms with Crippen molar-refractivity contribution in [2.24, 2.45) is 7.05 Å². The number of rotatable bonds is 3. The van der Waals surface area contributed by atoms with Gasteiger partial charge in [0.25, 0.3) is 0 Å². The minimum atomic E-state index is -1.06. The topological polar surface area (TPSA) is 80.9 Å². The average molecular weight is 250 g/mol. The second-order valence-electron chi connectivity index (χ2n) is 3.38. The van der Waals surface area contributed by atoms with Crippen LogP contribution in [0.4, 0.5) is 0 Å². The Bertz CT molecular complexity index is 567. The van der Waals surface area contributed by atoms with Crippen LogP contribution in [0.15, 0.2) is 28.5 Å². The minimum Gasteiger partial charge on any atom is -0.477 e. The van der Waals surface area contributed by atoms with Gasteiger partial charge in [0.1, 0.15) is 5.03 Å². The first-order valence-corrected chi connectivity index (χ1v) is 5.63. The van der Waals surface area contributed by atoms with Gasteiger partial charge in [-0.1, -0.05) is 0 Å². The molecule has 6 nitrogen and oxygen atoms in total. The number of hydrogen-bond donors (Lipinski definition) is 1. The Morgan fingerprint density at radius 3 is 2.88 bits per heavy atom. The van der Waals surface area contributed by atoms with Gasteiger partial charge in [-0.3, -0.25) is 4.68 Å². The Balaban J connectivity index is 2.27. The first-order valence-electron chi connectivity index (χ1n) is 4.81. The molecule has 0 saturated heterocycles. The van der Waals surface area contributed by atoms with Gasteiger partial charge in [-0.05, 0) is 30.8 Å². The van der Waals surface area contributed by atoms with Crippen molar-refractivity contribution in [1.29, 1.82) is 0 Å². The summed E-state index contributed by atoms with van der Waals surface area (Å²) in [6.07, 6.45) is 1.43. The summed E-state index contributed by atoms with van der Waals surface area (Å²) in [4.78, 5) is 18.7. The fourth-order valence-electron chi connectivity index (χ4n) is 1.29. The van der Waals surface area contributed by atoms with Crippen LogP contribution in [0.1, 0.15) is 16.2 Å². The van der Waals surface area contributed by atoms with E-state index < -0.39 is 5.97 Å². The standard InChI is InChI=1S/C10H10N4O2S/c1-6-5-8(14(2)13-6)17-10-11-4-3-7(12-10)9(15)16/h3-5H,1-2H3,(H,15,16). The van der Waals surface area contributed by atoms with E-state index >= 15 is 0 Å². The zero-order valence-electron chi connectivity index (χ0n) is 9.28. The zero-order chi connectivity index (χ0) is 12.4. The fraction of sp³-hybridized carbons (Fsp3) is 0.200. The normalized spacial score (nSPS) is 10.5. The second kappa shape index (κ2) is 4.54. The van der Waals surface area contributed by atoms with Gasteiger partial charge in [-0.2, -0.15) is 5.10 Å². The van der Waals surface area contributed by atoms with Crippen LogP contribution in [0.25, 0.3) is 0 Å². The van der Waals surface area contributed by atoms with Gasteiger partial charge < -0.3 is 5.11 Å². The van der Waals surface area contributed by atoms with E-state index in [4.69, 9.17) is 5.11 Å². The number of aromatic carboxylic acids is 1. The van der Waals surface area contributed by atoms with E-state index in [1.165, 1.54) is 24.0 Å². The molecule has 0 bridgehead atoms. The summed E-state index contributed by atoms with van der Waals surface area (Å²) < 4.78 is 1.71. The van der Waals surface area contributed by atoms with Crippen LogP contribution < -0.4 is 0 Å². The third-order valence-corrected chi connectivity index (χ3v) is 2.98. The molecular weight excluding hydrogens is 240 g/mol. The number of hydrogen-bond acceptors (Lipinski definition) is 5. The molecule has 0 atom stereocenters. The van der Waals surface area contributed by atoms with Crippen LogP contribution >= 0.6 is 11.8 Å². The lowest BCUT2D eigenvalue weighted by atomic mass is 10.4. The predicted molar refractivity (Wildman–Crippen MR) is 61.1 cm³/mol. The molecule has 2 rings (SSSR count). The summed E-state index contributed by atoms with van der Waals surface area (Å²) in [6.45, 7) is 1.89. The maximum absolute atomic E-state index is 10.8. The molecule has 0 saturated carbocycles. The van der Waals surface area contributed by atoms with Crippen molar-refractivity contribution in [2.45, 2.75) is 17.1 Å². The molecule has 2 aromatic rings. The van der Waals surface area contributed by atoms with Crippen molar-refractivity contribution in [1.82, 2.24) is 19.7 Å². The number of carboxylic acids is 1. The maximum atomic E-state index is 10.8. The van der Waals surface area contributed by atoms with E-state index in [1.54, 1.807) is 4.68 Å². The van der Waals surface area contributed by atoms with Crippen LogP contribution in [-0.4, -0.2) is 30.8 Å². The van der Waals surface area contributed by atoms with Crippen LogP contribution in [-0.2, 0) is 7.05 Å². The Morgan fingerprint density at radius 1 is 1.53 bits per heavy atom. The van der Waals surface area contributed by atoms with Gasteiger partial charge in [0, 0.05) is 13.2 Å². The van der Waals surface area contributed by atoms with Crippen LogP contribution in [0.5, 0.6) is 0 Å². The van der Waals surface area contributed by atoms with Gasteiger partial charge in [0.2, 0.25) is 0 Å². The lowest BCUT2D eigenvalue weighted by molar-refractivity contribution is 0.0689. The smallest absolute Gasteiger partial charge is 0.354 e. The van der Waals surface area contributed by atoms with E-state index in [9.17, 15) is 4.79 Å². The lowest BCUT2D eigenvalue weighted by Crippen LogP contribution is -2.02. The van der Waals surface area contributed by atoms with E-state index in [0.29, 0.717) is 5.16 Å². The van der Waals surface area contributed by atoms with Crippen molar-refractivity contribution >= 4 is 17.7 Å². The number of aryl methyl sites for hydroxylation is 2. The SMILES string of the molecule is Cc1cc(Sc2nccc(C(=O)O)n2)n(C)n1. The highest BCUT2D eigenvalue weighted by Crippen LogP contribution is 2.24. The first-order chi connectivity index (χ1) is 8.06. The van der Waals surface area contributed by atoms with Crippen molar-refractivity contribution < 1.29 is 9.90 Å². The molecule has 0 aliphatic carbocycles. The Hall–Kier alpha value is -1.89. The molecule has 2 aromatic heterocycles. The number of carboxylic acid groups (broad SMARTS) is 1. The van der Waals surface area contributed by atoms with Crippen LogP contribution in [0.3, 0.4) is 0 Å². The average Bonchev–Trinajstić information content (AvgIpc) is 2.58. The molecule has 0 radical (unpaired) electrons. The molecule has 2 heterocycles. The molecule has 88 valence electrons. The largest absolute Gasteiger partial charge is 0.477 e. The van der Waals surface area contributed by atoms with E-state index in [2.05, 4.69) is 15.1 Å². The lowest BCUT2D eigenvalue weighted by Gasteiger charge is -2.00. The summed E-state index contributed by atoms with van der Waals surface area (Å²) >= 11 is 1.28. The molecule has 7 heteroatoms. The molecule has 0 fully saturated rings. The number of nitrogens with zero attached hydrogens (tertiary/aromatic N) is 4. The molecule has 0 unspecified atom stereocenters. The van der Waals surface area contributed by atoms with Crippen LogP contribution in [0, 0.1) is 6.92 Å². The highest BCUT2D eigenvalue weighted by atomic mass is 32.2. The third-order valence-electron chi connectivity index (χ3n) is 2.01. The number of carbonyl (C=O) groups is 1. The summed E-state index contributed by atoms with van der Waals surface area (Å²) in [7, 11) is 1.82. The molecule has 17 heavy (non-hydrogen) atoms. The van der Waals surface area contributed by atoms with E-state index in [-0.39, 0.29) is 5.69 Å². The molecule has 1 N–H and O–H groups in total. The minimum absolute atomic E-state index is 0.0126. The molecule has 0 aliphatic heterocycles. The monoisotopic (exact) mass is 250 g/mol. The highest BCUT2D eigenvalue weighted by Gasteiger charge is 2.10. The second-order valence-corrected chi connectivity index (χ2v) is 4.37. The Morgan fingerprint density at radius 2 is 2.29 bits per heavy atom. The quantitative estimate of drug-likeness (QED) is 0.828. The molecule has 0 aliphatic rings. The predicted octanol–water partition coefficient (Wildman–Crippen LogP) is 1.37. The van der Waals surface area contributed by atoms with Gasteiger partial charge >= 0.3 is 5.97 Å². The summed E-state index contributed by atoms with van der Waals surface area (Å²) in [5.74, 6) is -1.06. The van der Waals surface area contributed by atoms with Crippen molar-refractivity contribution in [2.75, 3.05) is 0 Å². The molecule has 0 amide bonds. The van der Waals surface area contributed by atoms with Crippen molar-refractivity contribution in [3.8, 4) is 0 Å². The molecular formula is C10H10N4O2S. The first kappa shape index (κ1) is 11.6. The van der Waals surface area contributed by atoms with Gasteiger partial charge in [0.15, 0.2) is 10.9 Å². The summed E-state index contributed by atoms with van der Waals surface area (Å²) in [5, 5.41) is 14.3. The van der Waals surface area contributed by atoms with E-state index in [1.807, 2.05) is 20.0 Å². The van der Waals surface area contributed by atoms with E-state index in [0.717, 1.165) is 10.7 Å². The summed E-state index contributed by atoms with van der Waals surface area (Å²) in [6, 6.07) is 3.25. The highest BCUT2D eigenvalue weighted by molar-refractivity contribution is 7.99. The van der Waals surface area contributed by atoms with Crippen LogP contribution in [0.2, 0.25) is 0 Å². The summed E-state index contributed by atoms with van der Waals surface area (Å²) in [5.41, 5.74) is 0.880. The zero-order valence-corrected chi connectivity index (χ0v) is 10.1. The van der Waals surface area contributed by atoms with Gasteiger partial charge in [-0.15, -0.1) is 0 Å². The molecule has 0 aromatic carbocycles. The van der Waals surface area contributed by atoms with Gasteiger partial charge in [-0.25, -0.2) is 14.8 Å². The fourth-order valence-corrected chi connectivity index (χ4v) is 2.13. The van der Waals surface area contributed by atoms with Gasteiger partial charge in [0.05, 0.1) is 5.69 Å². The Kier molecular flexibility index (Phi) is 3.10. The third kappa shape index (κ3) is 2.62. The van der Waals surface area contributed by atoms with Crippen molar-refractivity contribution in [3.63, 3.8) is 0 Å². The van der Waals surface area contributed by atoms with Crippen molar-refractivity contribution in [3.05, 3.63) is 29.7 Å². The molecule has 0 spiro atoms.